The number of nitrogens with one attached hydrogen (secondary N) is 1. The number of esters is 1. The van der Waals surface area contributed by atoms with Crippen molar-refractivity contribution >= 4 is 29.7 Å². The highest BCUT2D eigenvalue weighted by Crippen LogP contribution is 2.38. The van der Waals surface area contributed by atoms with Gasteiger partial charge in [0.05, 0.1) is 12.2 Å². The molecule has 0 spiro atoms. The van der Waals surface area contributed by atoms with Gasteiger partial charge in [-0.1, -0.05) is 60.7 Å². The van der Waals surface area contributed by atoms with Crippen molar-refractivity contribution in [2.45, 2.75) is 63.1 Å². The second-order valence-electron chi connectivity index (χ2n) is 11.5. The molecular formula is C34H41N3O5S. The fourth-order valence-electron chi connectivity index (χ4n) is 5.39. The van der Waals surface area contributed by atoms with E-state index in [2.05, 4.69) is 58.8 Å². The number of hydrogen-bond acceptors (Lipinski definition) is 7. The monoisotopic (exact) mass is 603 g/mol. The SMILES string of the molecule is CCOC(=O)c1cccnc1SC[C@H](NC(=O)OC(C)(C)C)C(=O)N1CCC(C(c2ccccc2)c2ccccc2)CC1. The van der Waals surface area contributed by atoms with Crippen molar-refractivity contribution in [3.8, 4) is 0 Å². The number of thioether (sulfide) groups is 1. The van der Waals surface area contributed by atoms with Gasteiger partial charge in [-0.05, 0) is 69.7 Å². The van der Waals surface area contributed by atoms with Crippen LogP contribution in [0.15, 0.2) is 84.0 Å². The highest BCUT2D eigenvalue weighted by Gasteiger charge is 2.34. The zero-order valence-corrected chi connectivity index (χ0v) is 26.1. The van der Waals surface area contributed by atoms with Crippen LogP contribution in [-0.4, -0.2) is 64.9 Å². The molecule has 0 bridgehead atoms. The first-order chi connectivity index (χ1) is 20.7. The van der Waals surface area contributed by atoms with E-state index in [0.29, 0.717) is 29.6 Å². The van der Waals surface area contributed by atoms with Crippen LogP contribution >= 0.6 is 11.8 Å². The molecule has 43 heavy (non-hydrogen) atoms. The van der Waals surface area contributed by atoms with E-state index in [1.54, 1.807) is 46.0 Å². The molecule has 0 radical (unpaired) electrons. The highest BCUT2D eigenvalue weighted by molar-refractivity contribution is 7.99. The summed E-state index contributed by atoms with van der Waals surface area (Å²) in [5.41, 5.74) is 2.15. The van der Waals surface area contributed by atoms with E-state index in [1.807, 2.05) is 17.0 Å². The van der Waals surface area contributed by atoms with Crippen molar-refractivity contribution in [3.63, 3.8) is 0 Å². The van der Waals surface area contributed by atoms with Crippen molar-refractivity contribution in [1.29, 1.82) is 0 Å². The minimum Gasteiger partial charge on any atom is -0.462 e. The van der Waals surface area contributed by atoms with Crippen molar-refractivity contribution < 1.29 is 23.9 Å². The summed E-state index contributed by atoms with van der Waals surface area (Å²) in [4.78, 5) is 45.3. The summed E-state index contributed by atoms with van der Waals surface area (Å²) >= 11 is 1.23. The summed E-state index contributed by atoms with van der Waals surface area (Å²) in [6.07, 6.45) is 2.59. The van der Waals surface area contributed by atoms with Crippen molar-refractivity contribution in [3.05, 3.63) is 95.7 Å². The first-order valence-corrected chi connectivity index (χ1v) is 15.8. The summed E-state index contributed by atoms with van der Waals surface area (Å²) in [5.74, 6) is 0.117. The van der Waals surface area contributed by atoms with Gasteiger partial charge < -0.3 is 19.7 Å². The molecular weight excluding hydrogens is 562 g/mol. The predicted octanol–water partition coefficient (Wildman–Crippen LogP) is 6.31. The van der Waals surface area contributed by atoms with Gasteiger partial charge in [-0.25, -0.2) is 14.6 Å². The standard InChI is InChI=1S/C34H41N3O5S/c1-5-41-32(39)27-17-12-20-35-30(27)43-23-28(36-33(40)42-34(2,3)4)31(38)37-21-18-26(19-22-37)29(24-13-8-6-9-14-24)25-15-10-7-11-16-25/h6-17,20,26,28-29H,5,18-19,21-23H2,1-4H3,(H,36,40)/t28-/m0/s1. The average Bonchev–Trinajstić information content (AvgIpc) is 3.00. The van der Waals surface area contributed by atoms with E-state index in [1.165, 1.54) is 22.9 Å². The number of hydrogen-bond donors (Lipinski definition) is 1. The van der Waals surface area contributed by atoms with Gasteiger partial charge in [0.1, 0.15) is 16.7 Å². The zero-order valence-electron chi connectivity index (χ0n) is 25.3. The molecule has 1 N–H and O–H groups in total. The fraction of sp³-hybridized carbons (Fsp3) is 0.412. The summed E-state index contributed by atoms with van der Waals surface area (Å²) < 4.78 is 10.7. The number of pyridine rings is 1. The maximum atomic E-state index is 13.9. The third kappa shape index (κ3) is 9.07. The maximum absolute atomic E-state index is 13.9. The Hall–Kier alpha value is -3.85. The Kier molecular flexibility index (Phi) is 11.2. The van der Waals surface area contributed by atoms with Gasteiger partial charge in [0.25, 0.3) is 0 Å². The second-order valence-corrected chi connectivity index (χ2v) is 12.6. The number of piperidine rings is 1. The van der Waals surface area contributed by atoms with Crippen molar-refractivity contribution in [2.24, 2.45) is 5.92 Å². The minimum absolute atomic E-state index is 0.179. The molecule has 4 rings (SSSR count). The summed E-state index contributed by atoms with van der Waals surface area (Å²) in [6.45, 7) is 8.47. The number of carbonyl (C=O) groups excluding carboxylic acids is 3. The van der Waals surface area contributed by atoms with Crippen LogP contribution in [0, 0.1) is 5.92 Å². The number of ether oxygens (including phenoxy) is 2. The molecule has 0 aliphatic carbocycles. The molecule has 1 saturated heterocycles. The zero-order chi connectivity index (χ0) is 30.8. The van der Waals surface area contributed by atoms with E-state index in [4.69, 9.17) is 9.47 Å². The molecule has 8 nitrogen and oxygen atoms in total. The van der Waals surface area contributed by atoms with Gasteiger partial charge in [-0.2, -0.15) is 0 Å². The largest absolute Gasteiger partial charge is 0.462 e. The molecule has 1 atom stereocenters. The molecule has 0 saturated carbocycles. The maximum Gasteiger partial charge on any atom is 0.408 e. The number of rotatable bonds is 10. The molecule has 1 aromatic heterocycles. The lowest BCUT2D eigenvalue weighted by molar-refractivity contribution is -0.134. The molecule has 9 heteroatoms. The molecule has 0 unspecified atom stereocenters. The number of benzene rings is 2. The van der Waals surface area contributed by atoms with E-state index in [0.717, 1.165) is 12.8 Å². The fourth-order valence-corrected chi connectivity index (χ4v) is 6.38. The van der Waals surface area contributed by atoms with Crippen LogP contribution in [0.25, 0.3) is 0 Å². The van der Waals surface area contributed by atoms with E-state index in [9.17, 15) is 14.4 Å². The van der Waals surface area contributed by atoms with Crippen molar-refractivity contribution in [2.75, 3.05) is 25.4 Å². The average molecular weight is 604 g/mol. The number of amides is 2. The van der Waals surface area contributed by atoms with Crippen LogP contribution in [0.1, 0.15) is 67.9 Å². The van der Waals surface area contributed by atoms with Gasteiger partial charge in [0.2, 0.25) is 5.91 Å². The lowest BCUT2D eigenvalue weighted by atomic mass is 9.76. The van der Waals surface area contributed by atoms with E-state index >= 15 is 0 Å². The van der Waals surface area contributed by atoms with Gasteiger partial charge in [0, 0.05) is 31.0 Å². The van der Waals surface area contributed by atoms with Gasteiger partial charge in [-0.15, -0.1) is 11.8 Å². The summed E-state index contributed by atoms with van der Waals surface area (Å²) in [6, 6.07) is 23.5. The molecule has 2 aromatic carbocycles. The van der Waals surface area contributed by atoms with Crippen LogP contribution < -0.4 is 5.32 Å². The second kappa shape index (κ2) is 15.0. The first-order valence-electron chi connectivity index (χ1n) is 14.8. The smallest absolute Gasteiger partial charge is 0.408 e. The van der Waals surface area contributed by atoms with Gasteiger partial charge in [0.15, 0.2) is 0 Å². The van der Waals surface area contributed by atoms with E-state index in [-0.39, 0.29) is 24.2 Å². The minimum atomic E-state index is -0.868. The Labute approximate surface area is 258 Å². The Morgan fingerprint density at radius 1 is 0.953 bits per heavy atom. The number of likely N-dealkylation sites (tertiary alicyclic amines) is 1. The van der Waals surface area contributed by atoms with Crippen LogP contribution in [0.3, 0.4) is 0 Å². The van der Waals surface area contributed by atoms with Crippen LogP contribution in [0.2, 0.25) is 0 Å². The van der Waals surface area contributed by atoms with Gasteiger partial charge in [-0.3, -0.25) is 4.79 Å². The Bertz CT molecular complexity index is 1320. The third-order valence-corrected chi connectivity index (χ3v) is 8.38. The first kappa shape index (κ1) is 32.1. The topological polar surface area (TPSA) is 97.8 Å². The molecule has 2 amide bonds. The molecule has 1 aliphatic heterocycles. The predicted molar refractivity (Wildman–Crippen MR) is 168 cm³/mol. The number of carbonyl (C=O) groups is 3. The lowest BCUT2D eigenvalue weighted by Crippen LogP contribution is -2.53. The number of aromatic nitrogens is 1. The summed E-state index contributed by atoms with van der Waals surface area (Å²) in [5, 5.41) is 3.22. The molecule has 228 valence electrons. The van der Waals surface area contributed by atoms with Gasteiger partial charge >= 0.3 is 12.1 Å². The number of alkyl carbamates (subject to hydrolysis) is 1. The van der Waals surface area contributed by atoms with Crippen LogP contribution in [-0.2, 0) is 14.3 Å². The Morgan fingerprint density at radius 3 is 2.12 bits per heavy atom. The quantitative estimate of drug-likeness (QED) is 0.214. The molecule has 2 heterocycles. The lowest BCUT2D eigenvalue weighted by Gasteiger charge is -2.38. The Balaban J connectivity index is 1.49. The number of nitrogens with zero attached hydrogens (tertiary/aromatic N) is 2. The molecule has 1 fully saturated rings. The molecule has 1 aliphatic rings. The summed E-state index contributed by atoms with van der Waals surface area (Å²) in [7, 11) is 0. The molecule has 3 aromatic rings. The van der Waals surface area contributed by atoms with Crippen molar-refractivity contribution in [1.82, 2.24) is 15.2 Å². The third-order valence-electron chi connectivity index (χ3n) is 7.28. The van der Waals surface area contributed by atoms with Crippen LogP contribution in [0.4, 0.5) is 4.79 Å². The van der Waals surface area contributed by atoms with Crippen LogP contribution in [0.5, 0.6) is 0 Å². The normalized spacial score (nSPS) is 14.7. The highest BCUT2D eigenvalue weighted by atomic mass is 32.2. The van der Waals surface area contributed by atoms with E-state index < -0.39 is 23.7 Å². The Morgan fingerprint density at radius 2 is 1.56 bits per heavy atom.